The van der Waals surface area contributed by atoms with Crippen LogP contribution in [0.4, 0.5) is 0 Å². The van der Waals surface area contributed by atoms with Crippen LogP contribution < -0.4 is 9.47 Å². The van der Waals surface area contributed by atoms with E-state index in [0.717, 1.165) is 17.3 Å². The summed E-state index contributed by atoms with van der Waals surface area (Å²) in [6.07, 6.45) is 0. The number of carboxylic acid groups (broad SMARTS) is 1. The summed E-state index contributed by atoms with van der Waals surface area (Å²) in [6, 6.07) is 5.34. The van der Waals surface area contributed by atoms with Gasteiger partial charge in [0.25, 0.3) is 0 Å². The monoisotopic (exact) mass is 309 g/mol. The number of benzene rings is 1. The molecule has 1 N–H and O–H groups in total. The number of aromatic nitrogens is 3. The van der Waals surface area contributed by atoms with Crippen molar-refractivity contribution in [2.75, 3.05) is 20.0 Å². The zero-order chi connectivity index (χ0) is 15.4. The van der Waals surface area contributed by atoms with Gasteiger partial charge in [0.15, 0.2) is 11.0 Å². The number of ether oxygens (including phenoxy) is 2. The van der Waals surface area contributed by atoms with E-state index in [2.05, 4.69) is 10.1 Å². The molecule has 0 atom stereocenters. The molecule has 2 rings (SSSR count). The van der Waals surface area contributed by atoms with E-state index in [1.54, 1.807) is 44.1 Å². The highest BCUT2D eigenvalue weighted by Crippen LogP contribution is 2.32. The number of hydrogen-bond acceptors (Lipinski definition) is 6. The van der Waals surface area contributed by atoms with E-state index in [-0.39, 0.29) is 5.75 Å². The molecule has 0 bridgehead atoms. The van der Waals surface area contributed by atoms with Crippen molar-refractivity contribution in [2.45, 2.75) is 5.16 Å². The van der Waals surface area contributed by atoms with E-state index in [4.69, 9.17) is 14.6 Å². The summed E-state index contributed by atoms with van der Waals surface area (Å²) < 4.78 is 12.0. The maximum atomic E-state index is 10.6. The van der Waals surface area contributed by atoms with Gasteiger partial charge in [0.1, 0.15) is 11.5 Å². The molecule has 112 valence electrons. The molecule has 0 saturated carbocycles. The molecular weight excluding hydrogens is 294 g/mol. The first kappa shape index (κ1) is 15.2. The van der Waals surface area contributed by atoms with Crippen molar-refractivity contribution in [3.05, 3.63) is 18.2 Å². The minimum absolute atomic E-state index is 0.0638. The fourth-order valence-corrected chi connectivity index (χ4v) is 2.35. The van der Waals surface area contributed by atoms with Crippen LogP contribution in [-0.2, 0) is 11.8 Å². The van der Waals surface area contributed by atoms with Crippen LogP contribution in [0.3, 0.4) is 0 Å². The summed E-state index contributed by atoms with van der Waals surface area (Å²) in [6.45, 7) is 0. The third kappa shape index (κ3) is 3.46. The molecule has 0 saturated heterocycles. The maximum Gasteiger partial charge on any atom is 0.313 e. The molecule has 0 amide bonds. The van der Waals surface area contributed by atoms with Crippen LogP contribution in [0.25, 0.3) is 11.4 Å². The molecule has 0 spiro atoms. The number of carboxylic acids is 1. The Bertz CT molecular complexity index is 657. The van der Waals surface area contributed by atoms with Gasteiger partial charge < -0.3 is 14.6 Å². The molecule has 8 heteroatoms. The van der Waals surface area contributed by atoms with E-state index in [0.29, 0.717) is 22.5 Å². The van der Waals surface area contributed by atoms with E-state index < -0.39 is 5.97 Å². The van der Waals surface area contributed by atoms with Gasteiger partial charge in [-0.2, -0.15) is 5.10 Å². The van der Waals surface area contributed by atoms with Crippen molar-refractivity contribution < 1.29 is 19.4 Å². The van der Waals surface area contributed by atoms with Gasteiger partial charge in [-0.1, -0.05) is 11.8 Å². The first-order valence-corrected chi connectivity index (χ1v) is 7.01. The van der Waals surface area contributed by atoms with E-state index >= 15 is 0 Å². The van der Waals surface area contributed by atoms with Crippen LogP contribution in [0, 0.1) is 0 Å². The van der Waals surface area contributed by atoms with E-state index in [1.807, 2.05) is 0 Å². The van der Waals surface area contributed by atoms with Gasteiger partial charge in [-0.05, 0) is 12.1 Å². The lowest BCUT2D eigenvalue weighted by atomic mass is 10.2. The van der Waals surface area contributed by atoms with Crippen molar-refractivity contribution >= 4 is 17.7 Å². The fourth-order valence-electron chi connectivity index (χ4n) is 1.72. The highest BCUT2D eigenvalue weighted by molar-refractivity contribution is 7.99. The van der Waals surface area contributed by atoms with Gasteiger partial charge in [0, 0.05) is 13.1 Å². The highest BCUT2D eigenvalue weighted by Gasteiger charge is 2.15. The number of carbonyl (C=O) groups is 1. The smallest absolute Gasteiger partial charge is 0.313 e. The number of rotatable bonds is 6. The van der Waals surface area contributed by atoms with Crippen LogP contribution in [0.1, 0.15) is 0 Å². The Kier molecular flexibility index (Phi) is 4.69. The molecule has 21 heavy (non-hydrogen) atoms. The Balaban J connectivity index is 2.34. The molecule has 0 unspecified atom stereocenters. The predicted octanol–water partition coefficient (Wildman–Crippen LogP) is 1.68. The topological polar surface area (TPSA) is 86.5 Å². The average molecular weight is 309 g/mol. The standard InChI is InChI=1S/C13H15N3O4S/c1-16-13(21-7-11(17)18)14-12(15-16)9-5-4-8(19-2)6-10(9)20-3/h4-6H,7H2,1-3H3,(H,17,18). The van der Waals surface area contributed by atoms with Crippen molar-refractivity contribution in [1.82, 2.24) is 14.8 Å². The maximum absolute atomic E-state index is 10.6. The Labute approximate surface area is 125 Å². The Hall–Kier alpha value is -2.22. The van der Waals surface area contributed by atoms with E-state index in [1.165, 1.54) is 0 Å². The van der Waals surface area contributed by atoms with Gasteiger partial charge in [0.2, 0.25) is 0 Å². The van der Waals surface area contributed by atoms with Crippen LogP contribution in [0.15, 0.2) is 23.4 Å². The summed E-state index contributed by atoms with van der Waals surface area (Å²) >= 11 is 1.12. The highest BCUT2D eigenvalue weighted by atomic mass is 32.2. The second-order valence-electron chi connectivity index (χ2n) is 4.09. The molecule has 1 aromatic carbocycles. The van der Waals surface area contributed by atoms with Gasteiger partial charge in [0.05, 0.1) is 25.5 Å². The number of aryl methyl sites for hydroxylation is 1. The molecule has 1 aromatic heterocycles. The third-order valence-electron chi connectivity index (χ3n) is 2.70. The van der Waals surface area contributed by atoms with Crippen LogP contribution >= 0.6 is 11.8 Å². The van der Waals surface area contributed by atoms with Gasteiger partial charge >= 0.3 is 5.97 Å². The molecular formula is C13H15N3O4S. The Morgan fingerprint density at radius 2 is 2.14 bits per heavy atom. The number of nitrogens with zero attached hydrogens (tertiary/aromatic N) is 3. The summed E-state index contributed by atoms with van der Waals surface area (Å²) in [5, 5.41) is 13.5. The van der Waals surface area contributed by atoms with Crippen molar-refractivity contribution in [1.29, 1.82) is 0 Å². The largest absolute Gasteiger partial charge is 0.497 e. The van der Waals surface area contributed by atoms with Crippen LogP contribution in [-0.4, -0.2) is 45.8 Å². The Morgan fingerprint density at radius 3 is 2.76 bits per heavy atom. The lowest BCUT2D eigenvalue weighted by Crippen LogP contribution is -2.00. The molecule has 0 aliphatic carbocycles. The lowest BCUT2D eigenvalue weighted by Gasteiger charge is -2.07. The number of hydrogen-bond donors (Lipinski definition) is 1. The minimum Gasteiger partial charge on any atom is -0.497 e. The number of methoxy groups -OCH3 is 2. The summed E-state index contributed by atoms with van der Waals surface area (Å²) in [5.41, 5.74) is 0.719. The zero-order valence-electron chi connectivity index (χ0n) is 11.9. The predicted molar refractivity (Wildman–Crippen MR) is 77.9 cm³/mol. The summed E-state index contributed by atoms with van der Waals surface area (Å²) in [7, 11) is 4.85. The molecule has 0 fully saturated rings. The quantitative estimate of drug-likeness (QED) is 0.812. The molecule has 0 radical (unpaired) electrons. The van der Waals surface area contributed by atoms with Crippen molar-refractivity contribution in [2.24, 2.45) is 7.05 Å². The second-order valence-corrected chi connectivity index (χ2v) is 5.03. The third-order valence-corrected chi connectivity index (χ3v) is 3.70. The fraction of sp³-hybridized carbons (Fsp3) is 0.308. The van der Waals surface area contributed by atoms with Crippen LogP contribution in [0.2, 0.25) is 0 Å². The Morgan fingerprint density at radius 1 is 1.38 bits per heavy atom. The first-order chi connectivity index (χ1) is 10.0. The number of aliphatic carboxylic acids is 1. The van der Waals surface area contributed by atoms with Crippen molar-refractivity contribution in [3.8, 4) is 22.9 Å². The second kappa shape index (κ2) is 6.49. The average Bonchev–Trinajstić information content (AvgIpc) is 2.85. The minimum atomic E-state index is -0.897. The normalized spacial score (nSPS) is 10.4. The summed E-state index contributed by atoms with van der Waals surface area (Å²) in [5.74, 6) is 0.782. The first-order valence-electron chi connectivity index (χ1n) is 6.03. The van der Waals surface area contributed by atoms with Gasteiger partial charge in [-0.25, -0.2) is 9.67 Å². The van der Waals surface area contributed by atoms with Crippen molar-refractivity contribution in [3.63, 3.8) is 0 Å². The number of thioether (sulfide) groups is 1. The van der Waals surface area contributed by atoms with Gasteiger partial charge in [-0.3, -0.25) is 4.79 Å². The summed E-state index contributed by atoms with van der Waals surface area (Å²) in [4.78, 5) is 15.0. The molecule has 7 nitrogen and oxygen atoms in total. The van der Waals surface area contributed by atoms with Gasteiger partial charge in [-0.15, -0.1) is 0 Å². The lowest BCUT2D eigenvalue weighted by molar-refractivity contribution is -0.133. The molecule has 0 aliphatic heterocycles. The molecule has 2 aromatic rings. The SMILES string of the molecule is COc1ccc(-c2nc(SCC(=O)O)n(C)n2)c(OC)c1. The van der Waals surface area contributed by atoms with E-state index in [9.17, 15) is 4.79 Å². The molecule has 0 aliphatic rings. The molecule has 1 heterocycles. The van der Waals surface area contributed by atoms with Crippen LogP contribution in [0.5, 0.6) is 11.5 Å². The zero-order valence-corrected chi connectivity index (χ0v) is 12.7.